The molecule has 1 heterocycles. The molecule has 1 saturated heterocycles. The molecule has 9 heteroatoms. The maximum atomic E-state index is 13.0. The summed E-state index contributed by atoms with van der Waals surface area (Å²) >= 11 is 12.0. The second kappa shape index (κ2) is 11.7. The molecule has 0 radical (unpaired) electrons. The zero-order valence-corrected chi connectivity index (χ0v) is 21.8. The Morgan fingerprint density at radius 1 is 0.886 bits per heavy atom. The van der Waals surface area contributed by atoms with Crippen molar-refractivity contribution in [3.8, 4) is 5.75 Å². The third-order valence-electron chi connectivity index (χ3n) is 6.01. The Bertz CT molecular complexity index is 1230. The van der Waals surface area contributed by atoms with Crippen LogP contribution in [0.15, 0.2) is 77.7 Å². The lowest BCUT2D eigenvalue weighted by molar-refractivity contribution is 0.00763. The van der Waals surface area contributed by atoms with Crippen molar-refractivity contribution in [2.24, 2.45) is 0 Å². The molecule has 0 saturated carbocycles. The van der Waals surface area contributed by atoms with Crippen molar-refractivity contribution >= 4 is 33.2 Å². The van der Waals surface area contributed by atoms with Crippen LogP contribution in [0.2, 0.25) is 10.0 Å². The summed E-state index contributed by atoms with van der Waals surface area (Å²) in [7, 11) is -1.91. The molecule has 4 rings (SSSR count). The van der Waals surface area contributed by atoms with Crippen molar-refractivity contribution in [1.29, 1.82) is 0 Å². The minimum atomic E-state index is -3.55. The fraction of sp³-hybridized carbons (Fsp3) is 0.308. The fourth-order valence-corrected chi connectivity index (χ4v) is 5.82. The Balaban J connectivity index is 1.43. The van der Waals surface area contributed by atoms with Gasteiger partial charge in [0.05, 0.1) is 24.7 Å². The molecule has 35 heavy (non-hydrogen) atoms. The normalized spacial score (nSPS) is 16.2. The molecular formula is C26H28Cl2N2O4S. The van der Waals surface area contributed by atoms with Crippen LogP contribution in [0, 0.1) is 0 Å². The Kier molecular flexibility index (Phi) is 8.70. The van der Waals surface area contributed by atoms with Crippen molar-refractivity contribution in [3.63, 3.8) is 0 Å². The molecule has 0 N–H and O–H groups in total. The first-order valence-corrected chi connectivity index (χ1v) is 13.5. The number of nitrogens with zero attached hydrogens (tertiary/aromatic N) is 2. The summed E-state index contributed by atoms with van der Waals surface area (Å²) < 4.78 is 39.3. The van der Waals surface area contributed by atoms with Crippen LogP contribution in [0.1, 0.15) is 17.2 Å². The lowest BCUT2D eigenvalue weighted by Crippen LogP contribution is -2.49. The second-order valence-corrected chi connectivity index (χ2v) is 11.2. The van der Waals surface area contributed by atoms with Gasteiger partial charge < -0.3 is 9.47 Å². The van der Waals surface area contributed by atoms with Gasteiger partial charge in [-0.25, -0.2) is 8.42 Å². The van der Waals surface area contributed by atoms with Crippen molar-refractivity contribution in [2.75, 3.05) is 39.8 Å². The van der Waals surface area contributed by atoms with E-state index >= 15 is 0 Å². The molecule has 0 aliphatic carbocycles. The summed E-state index contributed by atoms with van der Waals surface area (Å²) in [5.41, 5.74) is 1.99. The van der Waals surface area contributed by atoms with Gasteiger partial charge in [-0.2, -0.15) is 4.31 Å². The molecule has 1 fully saturated rings. The van der Waals surface area contributed by atoms with Crippen LogP contribution in [0.25, 0.3) is 0 Å². The Morgan fingerprint density at radius 2 is 1.60 bits per heavy atom. The predicted molar refractivity (Wildman–Crippen MR) is 139 cm³/mol. The van der Waals surface area contributed by atoms with Crippen LogP contribution in [0.3, 0.4) is 0 Å². The molecule has 0 spiro atoms. The molecule has 1 aliphatic rings. The van der Waals surface area contributed by atoms with E-state index in [9.17, 15) is 8.42 Å². The van der Waals surface area contributed by atoms with Gasteiger partial charge in [-0.15, -0.1) is 0 Å². The number of benzene rings is 3. The molecule has 1 atom stereocenters. The summed E-state index contributed by atoms with van der Waals surface area (Å²) in [6.07, 6.45) is -0.219. The molecule has 186 valence electrons. The lowest BCUT2D eigenvalue weighted by atomic mass is 10.1. The highest BCUT2D eigenvalue weighted by molar-refractivity contribution is 7.89. The number of piperazine rings is 1. The number of hydrogen-bond acceptors (Lipinski definition) is 5. The zero-order chi connectivity index (χ0) is 24.8. The maximum absolute atomic E-state index is 13.0. The first-order chi connectivity index (χ1) is 16.8. The van der Waals surface area contributed by atoms with Gasteiger partial charge in [-0.3, -0.25) is 4.90 Å². The van der Waals surface area contributed by atoms with Crippen LogP contribution in [0.5, 0.6) is 5.75 Å². The molecule has 3 aromatic carbocycles. The quantitative estimate of drug-likeness (QED) is 0.374. The van der Waals surface area contributed by atoms with Gasteiger partial charge in [-0.05, 0) is 59.7 Å². The number of ether oxygens (including phenoxy) is 2. The first kappa shape index (κ1) is 25.9. The van der Waals surface area contributed by atoms with Gasteiger partial charge >= 0.3 is 0 Å². The number of halogens is 2. The van der Waals surface area contributed by atoms with Gasteiger partial charge in [0.1, 0.15) is 5.75 Å². The van der Waals surface area contributed by atoms with Crippen LogP contribution < -0.4 is 4.74 Å². The van der Waals surface area contributed by atoms with Gasteiger partial charge in [0.2, 0.25) is 10.0 Å². The Labute approximate surface area is 217 Å². The van der Waals surface area contributed by atoms with E-state index in [1.165, 1.54) is 4.31 Å². The molecule has 1 aliphatic heterocycles. The summed E-state index contributed by atoms with van der Waals surface area (Å²) in [6.45, 7) is 3.06. The number of rotatable bonds is 9. The topological polar surface area (TPSA) is 59.1 Å². The highest BCUT2D eigenvalue weighted by atomic mass is 35.5. The molecule has 0 unspecified atom stereocenters. The summed E-state index contributed by atoms with van der Waals surface area (Å²) in [6, 6.07) is 21.7. The van der Waals surface area contributed by atoms with Crippen molar-refractivity contribution < 1.29 is 17.9 Å². The average Bonchev–Trinajstić information content (AvgIpc) is 2.87. The van der Waals surface area contributed by atoms with Crippen LogP contribution >= 0.6 is 23.2 Å². The minimum Gasteiger partial charge on any atom is -0.497 e. The molecule has 0 aromatic heterocycles. The smallest absolute Gasteiger partial charge is 0.243 e. The fourth-order valence-electron chi connectivity index (χ4n) is 4.06. The Morgan fingerprint density at radius 3 is 2.29 bits per heavy atom. The second-order valence-electron chi connectivity index (χ2n) is 8.36. The van der Waals surface area contributed by atoms with Crippen molar-refractivity contribution in [2.45, 2.75) is 17.6 Å². The van der Waals surface area contributed by atoms with E-state index < -0.39 is 10.0 Å². The number of hydrogen-bond donors (Lipinski definition) is 0. The lowest BCUT2D eigenvalue weighted by Gasteiger charge is -2.36. The average molecular weight is 535 g/mol. The largest absolute Gasteiger partial charge is 0.497 e. The van der Waals surface area contributed by atoms with Gasteiger partial charge in [-0.1, -0.05) is 47.5 Å². The molecule has 0 amide bonds. The third kappa shape index (κ3) is 6.76. The van der Waals surface area contributed by atoms with E-state index in [0.717, 1.165) is 16.9 Å². The van der Waals surface area contributed by atoms with Gasteiger partial charge in [0, 0.05) is 42.8 Å². The standard InChI is InChI=1S/C26H28Cl2N2O4S/c1-33-24-7-3-5-21(17-24)26(34-19-20-4-2-6-23(28)16-20)18-29-12-14-30(15-13-29)35(31,32)25-10-8-22(27)9-11-25/h2-11,16-17,26H,12-15,18-19H2,1H3/t26-/m1/s1. The summed E-state index contributed by atoms with van der Waals surface area (Å²) in [5, 5.41) is 1.18. The SMILES string of the molecule is COc1cccc([C@@H](CN2CCN(S(=O)(=O)c3ccc(Cl)cc3)CC2)OCc2cccc(Cl)c2)c1. The zero-order valence-electron chi connectivity index (χ0n) is 19.4. The van der Waals surface area contributed by atoms with E-state index in [1.54, 1.807) is 31.4 Å². The van der Waals surface area contributed by atoms with E-state index in [0.29, 0.717) is 49.4 Å². The van der Waals surface area contributed by atoms with Gasteiger partial charge in [0.15, 0.2) is 0 Å². The first-order valence-electron chi connectivity index (χ1n) is 11.3. The van der Waals surface area contributed by atoms with Crippen LogP contribution in [0.4, 0.5) is 0 Å². The summed E-state index contributed by atoms with van der Waals surface area (Å²) in [5.74, 6) is 0.762. The highest BCUT2D eigenvalue weighted by Gasteiger charge is 2.29. The molecule has 3 aromatic rings. The highest BCUT2D eigenvalue weighted by Crippen LogP contribution is 2.26. The van der Waals surface area contributed by atoms with Crippen molar-refractivity contribution in [3.05, 3.63) is 94.0 Å². The third-order valence-corrected chi connectivity index (χ3v) is 8.41. The minimum absolute atomic E-state index is 0.219. The monoisotopic (exact) mass is 534 g/mol. The number of sulfonamides is 1. The van der Waals surface area contributed by atoms with E-state index in [2.05, 4.69) is 4.90 Å². The van der Waals surface area contributed by atoms with Crippen LogP contribution in [-0.4, -0.2) is 57.5 Å². The Hall–Kier alpha value is -2.13. The molecule has 0 bridgehead atoms. The molecular weight excluding hydrogens is 507 g/mol. The predicted octanol–water partition coefficient (Wildman–Crippen LogP) is 5.27. The summed E-state index contributed by atoms with van der Waals surface area (Å²) in [4.78, 5) is 2.49. The van der Waals surface area contributed by atoms with Gasteiger partial charge in [0.25, 0.3) is 0 Å². The van der Waals surface area contributed by atoms with Crippen LogP contribution in [-0.2, 0) is 21.4 Å². The van der Waals surface area contributed by atoms with E-state index in [1.807, 2.05) is 48.5 Å². The van der Waals surface area contributed by atoms with E-state index in [-0.39, 0.29) is 11.0 Å². The number of methoxy groups -OCH3 is 1. The van der Waals surface area contributed by atoms with E-state index in [4.69, 9.17) is 32.7 Å². The van der Waals surface area contributed by atoms with Crippen molar-refractivity contribution in [1.82, 2.24) is 9.21 Å². The maximum Gasteiger partial charge on any atom is 0.243 e. The molecule has 6 nitrogen and oxygen atoms in total.